The van der Waals surface area contributed by atoms with E-state index in [1.54, 1.807) is 6.08 Å². The molecule has 0 bridgehead atoms. The Hall–Kier alpha value is -1.81. The van der Waals surface area contributed by atoms with E-state index in [1.165, 1.54) is 5.56 Å². The van der Waals surface area contributed by atoms with Crippen molar-refractivity contribution in [3.8, 4) is 0 Å². The molecule has 0 saturated carbocycles. The summed E-state index contributed by atoms with van der Waals surface area (Å²) in [6.45, 7) is 8.87. The van der Waals surface area contributed by atoms with Crippen LogP contribution in [0.5, 0.6) is 0 Å². The van der Waals surface area contributed by atoms with Crippen LogP contribution in [-0.2, 0) is 15.9 Å². The number of rotatable bonds is 9. The largest absolute Gasteiger partial charge is 0.490 e. The number of thiocarbonyl (C=S) groups is 1. The Morgan fingerprint density at radius 1 is 1.36 bits per heavy atom. The first-order chi connectivity index (χ1) is 10.7. The third-order valence-corrected chi connectivity index (χ3v) is 3.42. The Morgan fingerprint density at radius 2 is 2.09 bits per heavy atom. The van der Waals surface area contributed by atoms with Gasteiger partial charge in [0.15, 0.2) is 0 Å². The van der Waals surface area contributed by atoms with E-state index in [-0.39, 0.29) is 6.10 Å². The molecule has 0 aliphatic heterocycles. The average molecular weight is 319 g/mol. The van der Waals surface area contributed by atoms with Crippen LogP contribution in [0.15, 0.2) is 54.8 Å². The van der Waals surface area contributed by atoms with Gasteiger partial charge in [0.2, 0.25) is 0 Å². The second kappa shape index (κ2) is 10.9. The third-order valence-electron chi connectivity index (χ3n) is 3.18. The van der Waals surface area contributed by atoms with Crippen molar-refractivity contribution in [3.05, 3.63) is 60.4 Å². The zero-order chi connectivity index (χ0) is 16.2. The third kappa shape index (κ3) is 7.27. The molecule has 1 aromatic carbocycles. The van der Waals surface area contributed by atoms with Crippen molar-refractivity contribution in [2.45, 2.75) is 32.8 Å². The molecule has 0 aromatic heterocycles. The van der Waals surface area contributed by atoms with Crippen LogP contribution in [0.25, 0.3) is 0 Å². The smallest absolute Gasteiger partial charge is 0.257 e. The average Bonchev–Trinajstić information content (AvgIpc) is 2.55. The molecular weight excluding hydrogens is 294 g/mol. The zero-order valence-corrected chi connectivity index (χ0v) is 14.2. The maximum Gasteiger partial charge on any atom is 0.257 e. The van der Waals surface area contributed by atoms with Gasteiger partial charge in [-0.15, -0.1) is 0 Å². The van der Waals surface area contributed by atoms with Gasteiger partial charge >= 0.3 is 0 Å². The minimum Gasteiger partial charge on any atom is -0.490 e. The molecule has 0 amide bonds. The summed E-state index contributed by atoms with van der Waals surface area (Å²) in [5, 5.41) is 3.55. The lowest BCUT2D eigenvalue weighted by molar-refractivity contribution is 0.0813. The van der Waals surface area contributed by atoms with E-state index < -0.39 is 0 Å². The quantitative estimate of drug-likeness (QED) is 0.423. The van der Waals surface area contributed by atoms with Crippen LogP contribution in [0.1, 0.15) is 25.8 Å². The number of nitrogens with one attached hydrogen (secondary N) is 1. The van der Waals surface area contributed by atoms with Crippen molar-refractivity contribution in [2.75, 3.05) is 13.2 Å². The molecule has 0 aliphatic carbocycles. The minimum atomic E-state index is -0.0633. The van der Waals surface area contributed by atoms with Crippen molar-refractivity contribution >= 4 is 17.4 Å². The van der Waals surface area contributed by atoms with Crippen LogP contribution in [0.3, 0.4) is 0 Å². The molecule has 1 unspecified atom stereocenters. The fourth-order valence-corrected chi connectivity index (χ4v) is 2.07. The number of allylic oxidation sites excluding steroid dienone is 2. The van der Waals surface area contributed by atoms with E-state index in [0.29, 0.717) is 11.8 Å². The fourth-order valence-electron chi connectivity index (χ4n) is 1.83. The highest BCUT2D eigenvalue weighted by molar-refractivity contribution is 7.80. The van der Waals surface area contributed by atoms with Crippen molar-refractivity contribution in [3.63, 3.8) is 0 Å². The molecule has 1 rings (SSSR count). The van der Waals surface area contributed by atoms with E-state index in [9.17, 15) is 0 Å². The predicted molar refractivity (Wildman–Crippen MR) is 95.8 cm³/mol. The second-order valence-electron chi connectivity index (χ2n) is 4.80. The normalized spacial score (nSPS) is 12.4. The summed E-state index contributed by atoms with van der Waals surface area (Å²) in [5.41, 5.74) is 1.27. The Kier molecular flexibility index (Phi) is 9.00. The molecule has 4 heteroatoms. The molecule has 1 N–H and O–H groups in total. The van der Waals surface area contributed by atoms with Crippen LogP contribution in [0, 0.1) is 0 Å². The van der Waals surface area contributed by atoms with Gasteiger partial charge < -0.3 is 14.8 Å². The molecule has 0 fully saturated rings. The van der Waals surface area contributed by atoms with Gasteiger partial charge in [-0.3, -0.25) is 0 Å². The predicted octanol–water partition coefficient (Wildman–Crippen LogP) is 4.01. The summed E-state index contributed by atoms with van der Waals surface area (Å²) in [5.74, 6) is 0.755. The van der Waals surface area contributed by atoms with Crippen LogP contribution in [0.2, 0.25) is 0 Å². The van der Waals surface area contributed by atoms with Crippen molar-refractivity contribution in [1.29, 1.82) is 0 Å². The Balaban J connectivity index is 2.28. The number of benzene rings is 1. The van der Waals surface area contributed by atoms with E-state index >= 15 is 0 Å². The highest BCUT2D eigenvalue weighted by Gasteiger charge is 2.11. The van der Waals surface area contributed by atoms with Gasteiger partial charge in [-0.2, -0.15) is 0 Å². The zero-order valence-electron chi connectivity index (χ0n) is 13.4. The summed E-state index contributed by atoms with van der Waals surface area (Å²) in [6, 6.07) is 10.3. The van der Waals surface area contributed by atoms with Crippen molar-refractivity contribution < 1.29 is 9.47 Å². The Morgan fingerprint density at radius 3 is 2.68 bits per heavy atom. The fraction of sp³-hybridized carbons (Fsp3) is 0.389. The summed E-state index contributed by atoms with van der Waals surface area (Å²) < 4.78 is 11.3. The van der Waals surface area contributed by atoms with Crippen molar-refractivity contribution in [1.82, 2.24) is 5.32 Å². The number of hydrogen-bond acceptors (Lipinski definition) is 3. The van der Waals surface area contributed by atoms with Gasteiger partial charge in [-0.1, -0.05) is 43.8 Å². The van der Waals surface area contributed by atoms with E-state index in [2.05, 4.69) is 24.0 Å². The van der Waals surface area contributed by atoms with Gasteiger partial charge in [0.25, 0.3) is 5.17 Å². The summed E-state index contributed by atoms with van der Waals surface area (Å²) >= 11 is 5.22. The molecule has 0 heterocycles. The van der Waals surface area contributed by atoms with E-state index in [1.807, 2.05) is 38.1 Å². The lowest BCUT2D eigenvalue weighted by Gasteiger charge is -2.19. The number of hydrogen-bond donors (Lipinski definition) is 1. The lowest BCUT2D eigenvalue weighted by Crippen LogP contribution is -2.32. The lowest BCUT2D eigenvalue weighted by atomic mass is 10.1. The standard InChI is InChI=1S/C18H25NO2S/c1-4-16(5-2)20-14-17(6-3)21-18(22)19-13-12-15-10-8-7-9-11-15/h4-5,7-11,17H,1,6,12-14H2,2-3H3,(H,19,22)/b16-5+. The van der Waals surface area contributed by atoms with Crippen LogP contribution in [-0.4, -0.2) is 24.4 Å². The molecule has 22 heavy (non-hydrogen) atoms. The first kappa shape index (κ1) is 18.2. The monoisotopic (exact) mass is 319 g/mol. The molecule has 0 saturated heterocycles. The Bertz CT molecular complexity index is 485. The maximum absolute atomic E-state index is 5.71. The van der Waals surface area contributed by atoms with Crippen LogP contribution < -0.4 is 5.32 Å². The topological polar surface area (TPSA) is 30.5 Å². The van der Waals surface area contributed by atoms with Gasteiger partial charge in [0.05, 0.1) is 0 Å². The maximum atomic E-state index is 5.71. The first-order valence-electron chi connectivity index (χ1n) is 7.59. The van der Waals surface area contributed by atoms with E-state index in [0.717, 1.165) is 25.1 Å². The molecule has 1 atom stereocenters. The Labute approximate surface area is 139 Å². The molecular formula is C18H25NO2S. The highest BCUT2D eigenvalue weighted by atomic mass is 32.1. The number of ether oxygens (including phenoxy) is 2. The van der Waals surface area contributed by atoms with Gasteiger partial charge in [0.1, 0.15) is 18.5 Å². The van der Waals surface area contributed by atoms with Gasteiger partial charge in [0, 0.05) is 6.54 Å². The first-order valence-corrected chi connectivity index (χ1v) is 8.00. The summed E-state index contributed by atoms with van der Waals surface area (Å²) in [7, 11) is 0. The van der Waals surface area contributed by atoms with Gasteiger partial charge in [-0.25, -0.2) is 0 Å². The SMILES string of the molecule is C=C/C(=C\C)OCC(CC)OC(=S)NCCc1ccccc1. The van der Waals surface area contributed by atoms with Crippen LogP contribution >= 0.6 is 12.2 Å². The van der Waals surface area contributed by atoms with E-state index in [4.69, 9.17) is 21.7 Å². The molecule has 120 valence electrons. The highest BCUT2D eigenvalue weighted by Crippen LogP contribution is 2.05. The summed E-state index contributed by atoms with van der Waals surface area (Å²) in [4.78, 5) is 0. The summed E-state index contributed by atoms with van der Waals surface area (Å²) in [6.07, 6.45) is 5.23. The molecule has 1 aromatic rings. The second-order valence-corrected chi connectivity index (χ2v) is 5.17. The molecule has 0 aliphatic rings. The van der Waals surface area contributed by atoms with Crippen molar-refractivity contribution in [2.24, 2.45) is 0 Å². The molecule has 3 nitrogen and oxygen atoms in total. The van der Waals surface area contributed by atoms with Gasteiger partial charge in [-0.05, 0) is 49.7 Å². The van der Waals surface area contributed by atoms with Crippen LogP contribution in [0.4, 0.5) is 0 Å². The minimum absolute atomic E-state index is 0.0633. The molecule has 0 radical (unpaired) electrons. The molecule has 0 spiro atoms.